The van der Waals surface area contributed by atoms with Gasteiger partial charge in [-0.15, -0.1) is 0 Å². The minimum absolute atomic E-state index is 0.133. The number of amides is 1. The van der Waals surface area contributed by atoms with Gasteiger partial charge in [0.2, 0.25) is 0 Å². The third kappa shape index (κ3) is 3.89. The predicted molar refractivity (Wildman–Crippen MR) is 93.3 cm³/mol. The fourth-order valence-corrected chi connectivity index (χ4v) is 2.78. The van der Waals surface area contributed by atoms with E-state index in [1.807, 2.05) is 37.3 Å². The van der Waals surface area contributed by atoms with Crippen LogP contribution in [0.2, 0.25) is 0 Å². The third-order valence-corrected chi connectivity index (χ3v) is 4.05. The monoisotopic (exact) mass is 326 g/mol. The van der Waals surface area contributed by atoms with Gasteiger partial charge in [-0.3, -0.25) is 4.79 Å². The van der Waals surface area contributed by atoms with E-state index < -0.39 is 0 Å². The first-order chi connectivity index (χ1) is 11.8. The number of rotatable bonds is 6. The topological polar surface area (TPSA) is 67.4 Å². The molecule has 2 heterocycles. The molecule has 24 heavy (non-hydrogen) atoms. The van der Waals surface area contributed by atoms with E-state index in [4.69, 9.17) is 4.74 Å². The highest BCUT2D eigenvalue weighted by atomic mass is 16.5. The first-order valence-electron chi connectivity index (χ1n) is 8.32. The number of aromatic nitrogens is 2. The molecule has 1 aromatic heterocycles. The van der Waals surface area contributed by atoms with Crippen LogP contribution in [0.1, 0.15) is 30.3 Å². The molecule has 1 aliphatic rings. The van der Waals surface area contributed by atoms with Gasteiger partial charge in [-0.2, -0.15) is 0 Å². The summed E-state index contributed by atoms with van der Waals surface area (Å²) in [6.07, 6.45) is 3.80. The number of carbonyl (C=O) groups excluding carboxylic acids is 1. The molecule has 6 nitrogen and oxygen atoms in total. The van der Waals surface area contributed by atoms with Crippen LogP contribution in [0.3, 0.4) is 0 Å². The molecule has 1 saturated heterocycles. The maximum atomic E-state index is 12.8. The maximum Gasteiger partial charge on any atom is 0.277 e. The second kappa shape index (κ2) is 7.88. The summed E-state index contributed by atoms with van der Waals surface area (Å²) in [5.74, 6) is 0.513. The smallest absolute Gasteiger partial charge is 0.277 e. The molecule has 1 aliphatic heterocycles. The van der Waals surface area contributed by atoms with E-state index in [1.165, 1.54) is 6.33 Å². The van der Waals surface area contributed by atoms with Gasteiger partial charge in [0, 0.05) is 31.5 Å². The molecule has 1 N–H and O–H groups in total. The highest BCUT2D eigenvalue weighted by molar-refractivity contribution is 6.05. The Labute approximate surface area is 141 Å². The summed E-state index contributed by atoms with van der Waals surface area (Å²) in [6.45, 7) is 4.04. The van der Waals surface area contributed by atoms with Gasteiger partial charge in [-0.05, 0) is 31.9 Å². The fraction of sp³-hybridized carbons (Fsp3) is 0.389. The number of hydrogen-bond acceptors (Lipinski definition) is 5. The predicted octanol–water partition coefficient (Wildman–Crippen LogP) is 2.73. The summed E-state index contributed by atoms with van der Waals surface area (Å²) in [4.78, 5) is 22.8. The molecule has 0 bridgehead atoms. The second-order valence-corrected chi connectivity index (χ2v) is 5.69. The summed E-state index contributed by atoms with van der Waals surface area (Å²) >= 11 is 0. The van der Waals surface area contributed by atoms with Crippen molar-refractivity contribution in [3.8, 4) is 0 Å². The molecule has 1 fully saturated rings. The van der Waals surface area contributed by atoms with Crippen LogP contribution in [0.5, 0.6) is 0 Å². The molecule has 1 aromatic carbocycles. The number of ether oxygens (including phenoxy) is 1. The average Bonchev–Trinajstić information content (AvgIpc) is 3.15. The van der Waals surface area contributed by atoms with Crippen molar-refractivity contribution in [3.63, 3.8) is 0 Å². The van der Waals surface area contributed by atoms with Crippen LogP contribution < -0.4 is 10.2 Å². The summed E-state index contributed by atoms with van der Waals surface area (Å²) in [5.41, 5.74) is 1.24. The van der Waals surface area contributed by atoms with Crippen LogP contribution in [-0.4, -0.2) is 41.7 Å². The van der Waals surface area contributed by atoms with Crippen LogP contribution in [0.25, 0.3) is 0 Å². The van der Waals surface area contributed by atoms with Crippen molar-refractivity contribution in [2.45, 2.75) is 25.9 Å². The quantitative estimate of drug-likeness (QED) is 0.884. The molecular formula is C18H22N4O2. The van der Waals surface area contributed by atoms with Gasteiger partial charge in [0.15, 0.2) is 0 Å². The highest BCUT2D eigenvalue weighted by Gasteiger charge is 2.19. The van der Waals surface area contributed by atoms with E-state index in [-0.39, 0.29) is 12.0 Å². The van der Waals surface area contributed by atoms with Crippen LogP contribution in [0.4, 0.5) is 11.5 Å². The highest BCUT2D eigenvalue weighted by Crippen LogP contribution is 2.17. The third-order valence-electron chi connectivity index (χ3n) is 4.05. The number of anilines is 2. The summed E-state index contributed by atoms with van der Waals surface area (Å²) in [7, 11) is 0. The second-order valence-electron chi connectivity index (χ2n) is 5.69. The van der Waals surface area contributed by atoms with Crippen LogP contribution in [0, 0.1) is 0 Å². The summed E-state index contributed by atoms with van der Waals surface area (Å²) < 4.78 is 5.58. The molecule has 126 valence electrons. The van der Waals surface area contributed by atoms with E-state index in [2.05, 4.69) is 15.3 Å². The van der Waals surface area contributed by atoms with E-state index in [1.54, 1.807) is 11.0 Å². The van der Waals surface area contributed by atoms with Crippen molar-refractivity contribution in [2.24, 2.45) is 0 Å². The Hall–Kier alpha value is -2.47. The Kier molecular flexibility index (Phi) is 5.38. The van der Waals surface area contributed by atoms with Gasteiger partial charge in [0.1, 0.15) is 17.8 Å². The Bertz CT molecular complexity index is 672. The maximum absolute atomic E-state index is 12.8. The van der Waals surface area contributed by atoms with Gasteiger partial charge < -0.3 is 15.0 Å². The Morgan fingerprint density at radius 1 is 1.33 bits per heavy atom. The van der Waals surface area contributed by atoms with E-state index in [9.17, 15) is 4.79 Å². The van der Waals surface area contributed by atoms with Crippen molar-refractivity contribution in [1.82, 2.24) is 9.97 Å². The van der Waals surface area contributed by atoms with Gasteiger partial charge in [0.25, 0.3) is 5.91 Å². The largest absolute Gasteiger partial charge is 0.376 e. The molecule has 1 unspecified atom stereocenters. The van der Waals surface area contributed by atoms with Gasteiger partial charge in [-0.25, -0.2) is 9.97 Å². The van der Waals surface area contributed by atoms with Crippen molar-refractivity contribution in [3.05, 3.63) is 48.4 Å². The lowest BCUT2D eigenvalue weighted by Gasteiger charge is -2.20. The molecule has 6 heteroatoms. The number of para-hydroxylation sites is 1. The Balaban J connectivity index is 1.71. The number of carbonyl (C=O) groups is 1. The minimum Gasteiger partial charge on any atom is -0.376 e. The number of nitrogens with zero attached hydrogens (tertiary/aromatic N) is 3. The molecule has 0 radical (unpaired) electrons. The first kappa shape index (κ1) is 16.4. The standard InChI is InChI=1S/C18H22N4O2/c1-2-22(14-7-4-3-5-8-14)18(23)16-11-17(21-13-20-16)19-12-15-9-6-10-24-15/h3-5,7-8,11,13,15H,2,6,9-10,12H2,1H3,(H,19,20,21). The number of nitrogens with one attached hydrogen (secondary N) is 1. The summed E-state index contributed by atoms with van der Waals surface area (Å²) in [5, 5.41) is 3.23. The summed E-state index contributed by atoms with van der Waals surface area (Å²) in [6, 6.07) is 11.3. The fourth-order valence-electron chi connectivity index (χ4n) is 2.78. The number of benzene rings is 1. The van der Waals surface area contributed by atoms with Crippen LogP contribution in [-0.2, 0) is 4.74 Å². The first-order valence-corrected chi connectivity index (χ1v) is 8.32. The van der Waals surface area contributed by atoms with Crippen LogP contribution >= 0.6 is 0 Å². The molecule has 0 aliphatic carbocycles. The Morgan fingerprint density at radius 2 is 2.17 bits per heavy atom. The van der Waals surface area contributed by atoms with E-state index in [0.717, 1.165) is 25.1 Å². The minimum atomic E-state index is -0.133. The van der Waals surface area contributed by atoms with Crippen LogP contribution in [0.15, 0.2) is 42.7 Å². The van der Waals surface area contributed by atoms with Crippen molar-refractivity contribution < 1.29 is 9.53 Å². The zero-order valence-corrected chi connectivity index (χ0v) is 13.8. The molecular weight excluding hydrogens is 304 g/mol. The van der Waals surface area contributed by atoms with Crippen molar-refractivity contribution in [1.29, 1.82) is 0 Å². The molecule has 2 aromatic rings. The lowest BCUT2D eigenvalue weighted by atomic mass is 10.2. The van der Waals surface area contributed by atoms with Gasteiger partial charge in [0.05, 0.1) is 6.10 Å². The van der Waals surface area contributed by atoms with Crippen molar-refractivity contribution >= 4 is 17.4 Å². The van der Waals surface area contributed by atoms with E-state index in [0.29, 0.717) is 24.6 Å². The molecule has 1 amide bonds. The zero-order valence-electron chi connectivity index (χ0n) is 13.8. The SMILES string of the molecule is CCN(C(=O)c1cc(NCC2CCCO2)ncn1)c1ccccc1. The molecule has 1 atom stereocenters. The molecule has 3 rings (SSSR count). The lowest BCUT2D eigenvalue weighted by molar-refractivity contribution is 0.0983. The lowest BCUT2D eigenvalue weighted by Crippen LogP contribution is -2.31. The average molecular weight is 326 g/mol. The Morgan fingerprint density at radius 3 is 2.88 bits per heavy atom. The normalized spacial score (nSPS) is 16.8. The molecule has 0 spiro atoms. The molecule has 0 saturated carbocycles. The number of hydrogen-bond donors (Lipinski definition) is 1. The van der Waals surface area contributed by atoms with Gasteiger partial charge in [-0.1, -0.05) is 18.2 Å². The van der Waals surface area contributed by atoms with Crippen molar-refractivity contribution in [2.75, 3.05) is 29.9 Å². The van der Waals surface area contributed by atoms with E-state index >= 15 is 0 Å². The van der Waals surface area contributed by atoms with Gasteiger partial charge >= 0.3 is 0 Å². The zero-order chi connectivity index (χ0) is 16.8.